The molecule has 0 spiro atoms. The third kappa shape index (κ3) is 2.71. The molecule has 0 aliphatic carbocycles. The van der Waals surface area contributed by atoms with Crippen molar-refractivity contribution in [3.8, 4) is 5.75 Å². The Kier molecular flexibility index (Phi) is 3.99. The fourth-order valence-electron chi connectivity index (χ4n) is 2.06. The standard InChI is InChI=1S/C14H18N2O2/c1-2-9-18-13-6-4-3-5-12(13)14(17)16-8-7-11(15)10-16/h2-6,11H,1,7-10,15H2/t11-/m1/s1. The van der Waals surface area contributed by atoms with E-state index in [1.54, 1.807) is 23.1 Å². The monoisotopic (exact) mass is 246 g/mol. The second kappa shape index (κ2) is 5.69. The zero-order chi connectivity index (χ0) is 13.0. The van der Waals surface area contributed by atoms with Crippen molar-refractivity contribution in [1.29, 1.82) is 0 Å². The molecule has 1 saturated heterocycles. The summed E-state index contributed by atoms with van der Waals surface area (Å²) in [5.41, 5.74) is 6.41. The molecule has 4 nitrogen and oxygen atoms in total. The number of hydrogen-bond acceptors (Lipinski definition) is 3. The van der Waals surface area contributed by atoms with Crippen molar-refractivity contribution < 1.29 is 9.53 Å². The molecule has 1 aromatic rings. The van der Waals surface area contributed by atoms with Gasteiger partial charge in [-0.05, 0) is 18.6 Å². The van der Waals surface area contributed by atoms with E-state index in [4.69, 9.17) is 10.5 Å². The third-order valence-corrected chi connectivity index (χ3v) is 2.99. The molecule has 96 valence electrons. The predicted octanol–water partition coefficient (Wildman–Crippen LogP) is 1.42. The molecule has 1 atom stereocenters. The van der Waals surface area contributed by atoms with Crippen molar-refractivity contribution in [3.63, 3.8) is 0 Å². The molecule has 0 aromatic heterocycles. The van der Waals surface area contributed by atoms with E-state index in [9.17, 15) is 4.79 Å². The minimum Gasteiger partial charge on any atom is -0.489 e. The van der Waals surface area contributed by atoms with Crippen LogP contribution >= 0.6 is 0 Å². The van der Waals surface area contributed by atoms with Crippen LogP contribution in [0.4, 0.5) is 0 Å². The minimum absolute atomic E-state index is 0.0115. The molecular weight excluding hydrogens is 228 g/mol. The molecule has 0 radical (unpaired) electrons. The Morgan fingerprint density at radius 1 is 1.56 bits per heavy atom. The van der Waals surface area contributed by atoms with Gasteiger partial charge in [0, 0.05) is 19.1 Å². The minimum atomic E-state index is -0.0115. The summed E-state index contributed by atoms with van der Waals surface area (Å²) < 4.78 is 5.50. The second-order valence-corrected chi connectivity index (χ2v) is 4.40. The van der Waals surface area contributed by atoms with Gasteiger partial charge in [0.2, 0.25) is 0 Å². The van der Waals surface area contributed by atoms with Crippen LogP contribution in [0.25, 0.3) is 0 Å². The number of ether oxygens (including phenoxy) is 1. The summed E-state index contributed by atoms with van der Waals surface area (Å²) in [5.74, 6) is 0.588. The lowest BCUT2D eigenvalue weighted by molar-refractivity contribution is 0.0787. The molecule has 18 heavy (non-hydrogen) atoms. The number of benzene rings is 1. The van der Waals surface area contributed by atoms with Crippen LogP contribution in [0.3, 0.4) is 0 Å². The van der Waals surface area contributed by atoms with Crippen LogP contribution in [0.1, 0.15) is 16.8 Å². The van der Waals surface area contributed by atoms with Crippen molar-refractivity contribution in [2.24, 2.45) is 5.73 Å². The van der Waals surface area contributed by atoms with Crippen LogP contribution in [0, 0.1) is 0 Å². The molecule has 2 N–H and O–H groups in total. The number of hydrogen-bond donors (Lipinski definition) is 1. The van der Waals surface area contributed by atoms with Crippen LogP contribution < -0.4 is 10.5 Å². The molecule has 1 fully saturated rings. The van der Waals surface area contributed by atoms with Gasteiger partial charge in [-0.15, -0.1) is 0 Å². The van der Waals surface area contributed by atoms with E-state index in [1.165, 1.54) is 0 Å². The smallest absolute Gasteiger partial charge is 0.257 e. The summed E-state index contributed by atoms with van der Waals surface area (Å²) in [6.07, 6.45) is 2.52. The molecule has 0 unspecified atom stereocenters. The maximum Gasteiger partial charge on any atom is 0.257 e. The Morgan fingerprint density at radius 2 is 2.33 bits per heavy atom. The largest absolute Gasteiger partial charge is 0.489 e. The number of carbonyl (C=O) groups excluding carboxylic acids is 1. The number of carbonyl (C=O) groups is 1. The fourth-order valence-corrected chi connectivity index (χ4v) is 2.06. The quantitative estimate of drug-likeness (QED) is 0.818. The number of nitrogens with zero attached hydrogens (tertiary/aromatic N) is 1. The van der Waals surface area contributed by atoms with Crippen molar-refractivity contribution in [1.82, 2.24) is 4.90 Å². The van der Waals surface area contributed by atoms with Gasteiger partial charge in [-0.3, -0.25) is 4.79 Å². The van der Waals surface area contributed by atoms with E-state index >= 15 is 0 Å². The van der Waals surface area contributed by atoms with Crippen LogP contribution in [0.2, 0.25) is 0 Å². The van der Waals surface area contributed by atoms with Crippen molar-refractivity contribution in [2.75, 3.05) is 19.7 Å². The average molecular weight is 246 g/mol. The van der Waals surface area contributed by atoms with Crippen molar-refractivity contribution in [2.45, 2.75) is 12.5 Å². The van der Waals surface area contributed by atoms with Crippen LogP contribution in [0.15, 0.2) is 36.9 Å². The van der Waals surface area contributed by atoms with Gasteiger partial charge < -0.3 is 15.4 Å². The molecule has 1 heterocycles. The van der Waals surface area contributed by atoms with Gasteiger partial charge in [0.05, 0.1) is 5.56 Å². The van der Waals surface area contributed by atoms with Crippen molar-refractivity contribution in [3.05, 3.63) is 42.5 Å². The van der Waals surface area contributed by atoms with Crippen LogP contribution in [-0.4, -0.2) is 36.5 Å². The molecule has 0 bridgehead atoms. The lowest BCUT2D eigenvalue weighted by Gasteiger charge is -2.17. The molecule has 2 rings (SSSR count). The van der Waals surface area contributed by atoms with Gasteiger partial charge in [-0.25, -0.2) is 0 Å². The first-order chi connectivity index (χ1) is 8.72. The van der Waals surface area contributed by atoms with Gasteiger partial charge in [0.25, 0.3) is 5.91 Å². The van der Waals surface area contributed by atoms with E-state index in [-0.39, 0.29) is 11.9 Å². The molecule has 4 heteroatoms. The Hall–Kier alpha value is -1.81. The molecular formula is C14H18N2O2. The molecule has 0 saturated carbocycles. The Balaban J connectivity index is 2.16. The Morgan fingerprint density at radius 3 is 3.00 bits per heavy atom. The van der Waals surface area contributed by atoms with E-state index in [2.05, 4.69) is 6.58 Å². The lowest BCUT2D eigenvalue weighted by atomic mass is 10.2. The normalized spacial score (nSPS) is 18.7. The highest BCUT2D eigenvalue weighted by Crippen LogP contribution is 2.21. The number of likely N-dealkylation sites (tertiary alicyclic amines) is 1. The van der Waals surface area contributed by atoms with Crippen LogP contribution in [0.5, 0.6) is 5.75 Å². The number of rotatable bonds is 4. The maximum absolute atomic E-state index is 12.3. The van der Waals surface area contributed by atoms with E-state index in [1.807, 2.05) is 12.1 Å². The molecule has 1 aromatic carbocycles. The van der Waals surface area contributed by atoms with Gasteiger partial charge in [-0.2, -0.15) is 0 Å². The highest BCUT2D eigenvalue weighted by molar-refractivity contribution is 5.97. The predicted molar refractivity (Wildman–Crippen MR) is 70.6 cm³/mol. The first-order valence-electron chi connectivity index (χ1n) is 6.10. The van der Waals surface area contributed by atoms with E-state index < -0.39 is 0 Å². The topological polar surface area (TPSA) is 55.6 Å². The highest BCUT2D eigenvalue weighted by atomic mass is 16.5. The van der Waals surface area contributed by atoms with Gasteiger partial charge in [0.1, 0.15) is 12.4 Å². The summed E-state index contributed by atoms with van der Waals surface area (Å²) in [5, 5.41) is 0. The molecule has 1 aliphatic heterocycles. The first kappa shape index (κ1) is 12.6. The average Bonchev–Trinajstić information content (AvgIpc) is 2.82. The fraction of sp³-hybridized carbons (Fsp3) is 0.357. The second-order valence-electron chi connectivity index (χ2n) is 4.40. The molecule has 1 amide bonds. The third-order valence-electron chi connectivity index (χ3n) is 2.99. The Bertz CT molecular complexity index is 445. The van der Waals surface area contributed by atoms with E-state index in [0.717, 1.165) is 13.0 Å². The maximum atomic E-state index is 12.3. The van der Waals surface area contributed by atoms with Gasteiger partial charge >= 0.3 is 0 Å². The summed E-state index contributed by atoms with van der Waals surface area (Å²) >= 11 is 0. The number of nitrogens with two attached hydrogens (primary N) is 1. The van der Waals surface area contributed by atoms with E-state index in [0.29, 0.717) is 24.5 Å². The summed E-state index contributed by atoms with van der Waals surface area (Å²) in [4.78, 5) is 14.1. The van der Waals surface area contributed by atoms with Gasteiger partial charge in [-0.1, -0.05) is 24.8 Å². The summed E-state index contributed by atoms with van der Waals surface area (Å²) in [6, 6.07) is 7.36. The highest BCUT2D eigenvalue weighted by Gasteiger charge is 2.26. The SMILES string of the molecule is C=CCOc1ccccc1C(=O)N1CC[C@@H](N)C1. The van der Waals surface area contributed by atoms with Crippen molar-refractivity contribution >= 4 is 5.91 Å². The number of amides is 1. The number of para-hydroxylation sites is 1. The molecule has 1 aliphatic rings. The summed E-state index contributed by atoms with van der Waals surface area (Å²) in [7, 11) is 0. The summed E-state index contributed by atoms with van der Waals surface area (Å²) in [6.45, 7) is 5.33. The Labute approximate surface area is 107 Å². The lowest BCUT2D eigenvalue weighted by Crippen LogP contribution is -2.32. The zero-order valence-corrected chi connectivity index (χ0v) is 10.3. The first-order valence-corrected chi connectivity index (χ1v) is 6.10. The zero-order valence-electron chi connectivity index (χ0n) is 10.3. The van der Waals surface area contributed by atoms with Gasteiger partial charge in [0.15, 0.2) is 0 Å². The van der Waals surface area contributed by atoms with Crippen LogP contribution in [-0.2, 0) is 0 Å².